The van der Waals surface area contributed by atoms with E-state index in [0.717, 1.165) is 12.5 Å². The minimum Gasteiger partial charge on any atom is -0.489 e. The fraction of sp³-hybridized carbons (Fsp3) is 0.455. The lowest BCUT2D eigenvalue weighted by atomic mass is 9.86. The Bertz CT molecular complexity index is 992. The zero-order valence-corrected chi connectivity index (χ0v) is 17.7. The van der Waals surface area contributed by atoms with Gasteiger partial charge in [0, 0.05) is 17.7 Å². The van der Waals surface area contributed by atoms with E-state index in [-0.39, 0.29) is 42.1 Å². The lowest BCUT2D eigenvalue weighted by Crippen LogP contribution is -2.30. The summed E-state index contributed by atoms with van der Waals surface area (Å²) >= 11 is 1.25. The molecule has 1 saturated carbocycles. The van der Waals surface area contributed by atoms with Crippen molar-refractivity contribution in [1.82, 2.24) is 4.98 Å². The number of aromatic nitrogens is 1. The maximum absolute atomic E-state index is 13.1. The molecule has 0 spiro atoms. The smallest absolute Gasteiger partial charge is 0.419 e. The number of carboxylic acid groups (broad SMARTS) is 1. The Kier molecular flexibility index (Phi) is 6.55. The van der Waals surface area contributed by atoms with E-state index in [2.05, 4.69) is 4.98 Å². The molecule has 2 heterocycles. The first kappa shape index (κ1) is 22.8. The molecule has 0 amide bonds. The number of aromatic carboxylic acids is 1. The predicted molar refractivity (Wildman–Crippen MR) is 110 cm³/mol. The molecule has 0 radical (unpaired) electrons. The van der Waals surface area contributed by atoms with Crippen LogP contribution in [0.2, 0.25) is 0 Å². The molecule has 0 bridgehead atoms. The van der Waals surface area contributed by atoms with Crippen LogP contribution in [0.4, 0.5) is 13.2 Å². The molecule has 2 fully saturated rings. The van der Waals surface area contributed by atoms with Gasteiger partial charge in [-0.05, 0) is 30.9 Å². The molecular weight excluding hydrogens is 447 g/mol. The van der Waals surface area contributed by atoms with Crippen molar-refractivity contribution in [2.24, 2.45) is 11.8 Å². The molecule has 10 heteroatoms. The minimum absolute atomic E-state index is 0.00455. The van der Waals surface area contributed by atoms with Gasteiger partial charge in [0.2, 0.25) is 0 Å². The molecule has 2 aromatic rings. The number of carbonyl (C=O) groups is 1. The number of rotatable bonds is 6. The van der Waals surface area contributed by atoms with Gasteiger partial charge in [-0.2, -0.15) is 13.2 Å². The van der Waals surface area contributed by atoms with Crippen molar-refractivity contribution in [3.63, 3.8) is 0 Å². The number of hydrogen-bond donors (Lipinski definition) is 2. The molecule has 5 atom stereocenters. The van der Waals surface area contributed by atoms with Crippen LogP contribution < -0.4 is 4.74 Å². The summed E-state index contributed by atoms with van der Waals surface area (Å²) in [6.07, 6.45) is -0.334. The van der Waals surface area contributed by atoms with Crippen LogP contribution in [-0.4, -0.2) is 40.0 Å². The third-order valence-corrected chi connectivity index (χ3v) is 6.83. The van der Waals surface area contributed by atoms with Gasteiger partial charge in [0.25, 0.3) is 0 Å². The van der Waals surface area contributed by atoms with Gasteiger partial charge in [-0.1, -0.05) is 24.3 Å². The van der Waals surface area contributed by atoms with E-state index in [9.17, 15) is 23.1 Å². The summed E-state index contributed by atoms with van der Waals surface area (Å²) in [6.45, 7) is -0.0474. The quantitative estimate of drug-likeness (QED) is 0.596. The van der Waals surface area contributed by atoms with Gasteiger partial charge in [-0.25, -0.2) is 9.78 Å². The lowest BCUT2D eigenvalue weighted by Gasteiger charge is -2.33. The number of fused-ring (bicyclic) bond motifs is 1. The molecule has 6 nitrogen and oxygen atoms in total. The summed E-state index contributed by atoms with van der Waals surface area (Å²) in [5.74, 6) is -1.43. The van der Waals surface area contributed by atoms with Crippen molar-refractivity contribution in [1.29, 1.82) is 0 Å². The second-order valence-corrected chi connectivity index (χ2v) is 8.78. The summed E-state index contributed by atoms with van der Waals surface area (Å²) in [6, 6.07) is 5.05. The van der Waals surface area contributed by atoms with Crippen LogP contribution in [0, 0.1) is 11.8 Å². The average molecular weight is 469 g/mol. The largest absolute Gasteiger partial charge is 0.489 e. The maximum atomic E-state index is 13.1. The van der Waals surface area contributed by atoms with E-state index >= 15 is 0 Å². The number of carboxylic acids is 1. The number of hydrogen-bond acceptors (Lipinski definition) is 6. The first-order valence-corrected chi connectivity index (χ1v) is 11.1. The zero-order chi connectivity index (χ0) is 22.9. The maximum Gasteiger partial charge on any atom is 0.419 e. The third kappa shape index (κ3) is 4.82. The van der Waals surface area contributed by atoms with Crippen molar-refractivity contribution in [3.05, 3.63) is 58.1 Å². The lowest BCUT2D eigenvalue weighted by molar-refractivity contribution is -0.138. The molecule has 1 aromatic carbocycles. The molecule has 1 aliphatic carbocycles. The van der Waals surface area contributed by atoms with Crippen LogP contribution >= 0.6 is 11.3 Å². The Labute approximate surface area is 186 Å². The highest BCUT2D eigenvalue weighted by molar-refractivity contribution is 7.09. The van der Waals surface area contributed by atoms with Gasteiger partial charge in [0.1, 0.15) is 23.5 Å². The number of benzene rings is 1. The number of aliphatic hydroxyl groups excluding tert-OH is 1. The Morgan fingerprint density at radius 2 is 2.09 bits per heavy atom. The van der Waals surface area contributed by atoms with Crippen LogP contribution in [0.25, 0.3) is 0 Å². The monoisotopic (exact) mass is 469 g/mol. The summed E-state index contributed by atoms with van der Waals surface area (Å²) in [7, 11) is 0. The van der Waals surface area contributed by atoms with Crippen LogP contribution in [0.1, 0.15) is 46.4 Å². The first-order chi connectivity index (χ1) is 15.2. The van der Waals surface area contributed by atoms with Crippen molar-refractivity contribution in [3.8, 4) is 5.75 Å². The molecule has 1 saturated heterocycles. The van der Waals surface area contributed by atoms with Gasteiger partial charge < -0.3 is 19.7 Å². The van der Waals surface area contributed by atoms with Crippen molar-refractivity contribution in [2.45, 2.75) is 43.8 Å². The Balaban J connectivity index is 1.35. The highest BCUT2D eigenvalue weighted by Gasteiger charge is 2.46. The standard InChI is InChI=1S/C22H22F3NO5S/c23-22(24,25)14-5-1-2-6-17(14)30-9-3-4-12-13-7-8-18(31-19(13)10-16(12)27)20-26-15(11-32-20)21(28)29/h1-6,11-13,16,18-19,27H,7-10H2,(H,28,29)/b4-3+/t12-,13-,16-,18-,19+/m1/s1. The fourth-order valence-corrected chi connectivity index (χ4v) is 5.29. The number of nitrogens with zero attached hydrogens (tertiary/aromatic N) is 1. The van der Waals surface area contributed by atoms with Crippen LogP contribution in [0.3, 0.4) is 0 Å². The van der Waals surface area contributed by atoms with Gasteiger partial charge in [0.15, 0.2) is 5.69 Å². The number of alkyl halides is 3. The summed E-state index contributed by atoms with van der Waals surface area (Å²) in [5, 5.41) is 21.7. The molecular formula is C22H22F3NO5S. The van der Waals surface area contributed by atoms with Crippen molar-refractivity contribution in [2.75, 3.05) is 6.61 Å². The van der Waals surface area contributed by atoms with Crippen molar-refractivity contribution >= 4 is 17.3 Å². The highest BCUT2D eigenvalue weighted by Crippen LogP contribution is 2.46. The zero-order valence-electron chi connectivity index (χ0n) is 16.9. The van der Waals surface area contributed by atoms with E-state index < -0.39 is 23.8 Å². The van der Waals surface area contributed by atoms with E-state index in [1.807, 2.05) is 0 Å². The average Bonchev–Trinajstić information content (AvgIpc) is 3.35. The normalized spacial score (nSPS) is 28.1. The SMILES string of the molecule is O=C(O)c1csc([C@H]2CC[C@@H]3[C@@H](/C=C/COc4ccccc4C(F)(F)F)[C@H](O)C[C@@H]3O2)n1. The predicted octanol–water partition coefficient (Wildman–Crippen LogP) is 4.71. The van der Waals surface area contributed by atoms with Crippen LogP contribution in [0.15, 0.2) is 41.8 Å². The fourth-order valence-electron chi connectivity index (χ4n) is 4.42. The topological polar surface area (TPSA) is 88.9 Å². The number of ether oxygens (including phenoxy) is 2. The number of halogens is 3. The molecule has 1 aliphatic heterocycles. The molecule has 2 aliphatic rings. The Morgan fingerprint density at radius 1 is 1.31 bits per heavy atom. The first-order valence-electron chi connectivity index (χ1n) is 10.2. The molecule has 2 N–H and O–H groups in total. The summed E-state index contributed by atoms with van der Waals surface area (Å²) in [4.78, 5) is 15.2. The Hall–Kier alpha value is -2.43. The number of thiazole rings is 1. The molecule has 0 unspecified atom stereocenters. The van der Waals surface area contributed by atoms with Crippen LogP contribution in [0.5, 0.6) is 5.75 Å². The van der Waals surface area contributed by atoms with E-state index in [0.29, 0.717) is 17.8 Å². The molecule has 172 valence electrons. The second-order valence-electron chi connectivity index (χ2n) is 7.89. The Morgan fingerprint density at radius 3 is 2.81 bits per heavy atom. The summed E-state index contributed by atoms with van der Waals surface area (Å²) in [5.41, 5.74) is -0.829. The third-order valence-electron chi connectivity index (χ3n) is 5.89. The van der Waals surface area contributed by atoms with Crippen molar-refractivity contribution < 1.29 is 37.7 Å². The minimum atomic E-state index is -4.49. The van der Waals surface area contributed by atoms with E-state index in [4.69, 9.17) is 14.6 Å². The summed E-state index contributed by atoms with van der Waals surface area (Å²) < 4.78 is 50.6. The number of para-hydroxylation sites is 1. The van der Waals surface area contributed by atoms with E-state index in [1.165, 1.54) is 34.9 Å². The van der Waals surface area contributed by atoms with Gasteiger partial charge >= 0.3 is 12.1 Å². The molecule has 1 aromatic heterocycles. The highest BCUT2D eigenvalue weighted by atomic mass is 32.1. The second kappa shape index (κ2) is 9.21. The van der Waals surface area contributed by atoms with E-state index in [1.54, 1.807) is 12.2 Å². The van der Waals surface area contributed by atoms with Crippen LogP contribution in [-0.2, 0) is 10.9 Å². The van der Waals surface area contributed by atoms with Gasteiger partial charge in [-0.15, -0.1) is 11.3 Å². The molecule has 4 rings (SSSR count). The van der Waals surface area contributed by atoms with Gasteiger partial charge in [-0.3, -0.25) is 0 Å². The van der Waals surface area contributed by atoms with Gasteiger partial charge in [0.05, 0.1) is 17.8 Å². The molecule has 32 heavy (non-hydrogen) atoms. The number of aliphatic hydroxyl groups is 1.